The molecule has 0 spiro atoms. The molecule has 8 heteroatoms. The van der Waals surface area contributed by atoms with Gasteiger partial charge in [0.15, 0.2) is 0 Å². The van der Waals surface area contributed by atoms with Crippen LogP contribution in [0.4, 0.5) is 0 Å². The van der Waals surface area contributed by atoms with Crippen molar-refractivity contribution in [3.8, 4) is 34.0 Å². The largest absolute Gasteiger partial charge is 0.481 e. The summed E-state index contributed by atoms with van der Waals surface area (Å²) in [4.78, 5) is 4.52. The number of nitrogens with zero attached hydrogens (tertiary/aromatic N) is 1. The van der Waals surface area contributed by atoms with E-state index in [-0.39, 0.29) is 12.6 Å². The Morgan fingerprint density at radius 1 is 0.921 bits per heavy atom. The van der Waals surface area contributed by atoms with Crippen LogP contribution in [-0.4, -0.2) is 25.2 Å². The van der Waals surface area contributed by atoms with E-state index in [9.17, 15) is 0 Å². The number of hydrogen-bond donors (Lipinski definition) is 2. The molecule has 0 amide bonds. The lowest BCUT2D eigenvalue weighted by molar-refractivity contribution is 0.284. The van der Waals surface area contributed by atoms with Gasteiger partial charge in [-0.2, -0.15) is 4.98 Å². The molecule has 5 nitrogen and oxygen atoms in total. The fraction of sp³-hybridized carbons (Fsp3) is 0.233. The highest BCUT2D eigenvalue weighted by atomic mass is 79.9. The van der Waals surface area contributed by atoms with Gasteiger partial charge in [-0.1, -0.05) is 77.8 Å². The van der Waals surface area contributed by atoms with Gasteiger partial charge in [0.2, 0.25) is 11.8 Å². The Morgan fingerprint density at radius 3 is 2.39 bits per heavy atom. The van der Waals surface area contributed by atoms with Crippen LogP contribution >= 0.6 is 39.1 Å². The van der Waals surface area contributed by atoms with Crippen LogP contribution in [-0.2, 0) is 26.0 Å². The molecule has 0 aliphatic heterocycles. The van der Waals surface area contributed by atoms with Gasteiger partial charge in [0, 0.05) is 40.4 Å². The SMILES string of the molecule is CNCc1cc(Br)c(OCc2cccc(-c3cccc(-c4ccc5c(c4)C[C@@H](N)C5)c3Cl)c2Cl)nc1OC. The predicted molar refractivity (Wildman–Crippen MR) is 158 cm³/mol. The predicted octanol–water partition coefficient (Wildman–Crippen LogP) is 7.22. The second kappa shape index (κ2) is 11.6. The quantitative estimate of drug-likeness (QED) is 0.220. The zero-order valence-corrected chi connectivity index (χ0v) is 24.3. The van der Waals surface area contributed by atoms with Crippen LogP contribution in [0, 0.1) is 0 Å². The first-order valence-electron chi connectivity index (χ1n) is 12.3. The van der Waals surface area contributed by atoms with Gasteiger partial charge in [-0.05, 0) is 58.6 Å². The van der Waals surface area contributed by atoms with Crippen molar-refractivity contribution in [3.63, 3.8) is 0 Å². The summed E-state index contributed by atoms with van der Waals surface area (Å²) < 4.78 is 12.2. The Labute approximate surface area is 241 Å². The molecule has 3 N–H and O–H groups in total. The van der Waals surface area contributed by atoms with Crippen molar-refractivity contribution < 1.29 is 9.47 Å². The zero-order chi connectivity index (χ0) is 26.8. The van der Waals surface area contributed by atoms with Gasteiger partial charge in [-0.15, -0.1) is 0 Å². The number of fused-ring (bicyclic) bond motifs is 1. The minimum absolute atomic E-state index is 0.189. The molecule has 4 aromatic rings. The molecule has 0 fully saturated rings. The molecule has 0 bridgehead atoms. The molecule has 5 rings (SSSR count). The van der Waals surface area contributed by atoms with E-state index >= 15 is 0 Å². The van der Waals surface area contributed by atoms with E-state index in [1.54, 1.807) is 7.11 Å². The number of halogens is 3. The average molecular weight is 613 g/mol. The lowest BCUT2D eigenvalue weighted by Gasteiger charge is -2.16. The number of hydrogen-bond acceptors (Lipinski definition) is 5. The first-order valence-corrected chi connectivity index (χ1v) is 13.9. The Kier molecular flexibility index (Phi) is 8.26. The molecule has 38 heavy (non-hydrogen) atoms. The molecule has 0 radical (unpaired) electrons. The second-order valence-corrected chi connectivity index (χ2v) is 11.0. The zero-order valence-electron chi connectivity index (χ0n) is 21.2. The van der Waals surface area contributed by atoms with Gasteiger partial charge in [0.1, 0.15) is 6.61 Å². The van der Waals surface area contributed by atoms with Crippen LogP contribution in [0.25, 0.3) is 22.3 Å². The van der Waals surface area contributed by atoms with E-state index in [4.69, 9.17) is 38.4 Å². The number of aromatic nitrogens is 1. The minimum Gasteiger partial charge on any atom is -0.481 e. The molecule has 1 aliphatic rings. The van der Waals surface area contributed by atoms with E-state index in [0.717, 1.165) is 50.7 Å². The van der Waals surface area contributed by atoms with Crippen LogP contribution in [0.1, 0.15) is 22.3 Å². The lowest BCUT2D eigenvalue weighted by atomic mass is 9.96. The summed E-state index contributed by atoms with van der Waals surface area (Å²) >= 11 is 17.5. The highest BCUT2D eigenvalue weighted by molar-refractivity contribution is 9.10. The van der Waals surface area contributed by atoms with E-state index in [2.05, 4.69) is 44.4 Å². The van der Waals surface area contributed by atoms with Crippen molar-refractivity contribution in [1.29, 1.82) is 0 Å². The third-order valence-electron chi connectivity index (χ3n) is 6.76. The summed E-state index contributed by atoms with van der Waals surface area (Å²) in [6.07, 6.45) is 1.82. The number of nitrogens with two attached hydrogens (primary N) is 1. The first kappa shape index (κ1) is 27.0. The Balaban J connectivity index is 1.43. The smallest absolute Gasteiger partial charge is 0.231 e. The van der Waals surface area contributed by atoms with Crippen molar-refractivity contribution in [1.82, 2.24) is 10.3 Å². The van der Waals surface area contributed by atoms with Gasteiger partial charge in [0.25, 0.3) is 0 Å². The summed E-state index contributed by atoms with van der Waals surface area (Å²) in [7, 11) is 3.46. The number of rotatable bonds is 8. The Bertz CT molecular complexity index is 1500. The summed E-state index contributed by atoms with van der Waals surface area (Å²) in [6, 6.07) is 20.5. The van der Waals surface area contributed by atoms with Gasteiger partial charge in [-0.25, -0.2) is 0 Å². The molecule has 3 aromatic carbocycles. The molecule has 0 saturated heterocycles. The van der Waals surface area contributed by atoms with Crippen LogP contribution in [0.3, 0.4) is 0 Å². The van der Waals surface area contributed by atoms with Crippen LogP contribution in [0.2, 0.25) is 10.0 Å². The highest BCUT2D eigenvalue weighted by Crippen LogP contribution is 2.41. The van der Waals surface area contributed by atoms with Crippen LogP contribution in [0.15, 0.2) is 65.1 Å². The normalized spacial score (nSPS) is 14.4. The lowest BCUT2D eigenvalue weighted by Crippen LogP contribution is -2.18. The van der Waals surface area contributed by atoms with Gasteiger partial charge in [0.05, 0.1) is 21.6 Å². The third kappa shape index (κ3) is 5.42. The standard InChI is InChI=1S/C30H28BrCl2N3O2/c1-35-15-21-14-26(31)30(36-29(21)37-2)38-16-19-5-3-7-24(27(19)32)25-8-4-6-23(28(25)33)18-10-9-17-12-22(34)13-20(17)11-18/h3-11,14,22,35H,12-13,15-16,34H2,1-2H3/t22-/m0/s1. The number of pyridine rings is 1. The molecule has 1 heterocycles. The van der Waals surface area contributed by atoms with Gasteiger partial charge in [-0.3, -0.25) is 0 Å². The fourth-order valence-electron chi connectivity index (χ4n) is 4.92. The number of methoxy groups -OCH3 is 1. The molecule has 0 unspecified atom stereocenters. The van der Waals surface area contributed by atoms with E-state index in [1.807, 2.05) is 49.5 Å². The maximum Gasteiger partial charge on any atom is 0.231 e. The minimum atomic E-state index is 0.189. The molecular formula is C30H28BrCl2N3O2. The van der Waals surface area contributed by atoms with Crippen molar-refractivity contribution in [3.05, 3.63) is 97.4 Å². The molecule has 0 saturated carbocycles. The summed E-state index contributed by atoms with van der Waals surface area (Å²) in [5, 5.41) is 4.35. The van der Waals surface area contributed by atoms with E-state index in [0.29, 0.717) is 28.3 Å². The van der Waals surface area contributed by atoms with Crippen LogP contribution in [0.5, 0.6) is 11.8 Å². The average Bonchev–Trinajstić information content (AvgIpc) is 3.29. The van der Waals surface area contributed by atoms with E-state index in [1.165, 1.54) is 11.1 Å². The molecule has 1 aromatic heterocycles. The van der Waals surface area contributed by atoms with Crippen LogP contribution < -0.4 is 20.5 Å². The van der Waals surface area contributed by atoms with Crippen molar-refractivity contribution >= 4 is 39.1 Å². The van der Waals surface area contributed by atoms with Gasteiger partial charge < -0.3 is 20.5 Å². The second-order valence-electron chi connectivity index (χ2n) is 9.36. The van der Waals surface area contributed by atoms with Crippen molar-refractivity contribution in [2.75, 3.05) is 14.2 Å². The van der Waals surface area contributed by atoms with Crippen molar-refractivity contribution in [2.45, 2.75) is 32.0 Å². The monoisotopic (exact) mass is 611 g/mol. The maximum absolute atomic E-state index is 7.00. The third-order valence-corrected chi connectivity index (χ3v) is 8.18. The van der Waals surface area contributed by atoms with Crippen molar-refractivity contribution in [2.24, 2.45) is 5.73 Å². The Hall–Kier alpha value is -2.61. The molecule has 196 valence electrons. The molecular weight excluding hydrogens is 585 g/mol. The fourth-order valence-corrected chi connectivity index (χ4v) is 6.02. The number of ether oxygens (including phenoxy) is 2. The Morgan fingerprint density at radius 2 is 1.63 bits per heavy atom. The topological polar surface area (TPSA) is 69.4 Å². The summed E-state index contributed by atoms with van der Waals surface area (Å²) in [5.41, 5.74) is 14.3. The number of benzene rings is 3. The molecule has 1 atom stereocenters. The maximum atomic E-state index is 7.00. The van der Waals surface area contributed by atoms with Gasteiger partial charge >= 0.3 is 0 Å². The highest BCUT2D eigenvalue weighted by Gasteiger charge is 2.20. The van der Waals surface area contributed by atoms with E-state index < -0.39 is 0 Å². The molecule has 1 aliphatic carbocycles. The summed E-state index contributed by atoms with van der Waals surface area (Å²) in [6.45, 7) is 0.858. The summed E-state index contributed by atoms with van der Waals surface area (Å²) in [5.74, 6) is 0.939. The first-order chi connectivity index (χ1) is 18.4. The number of nitrogens with one attached hydrogen (secondary N) is 1.